The van der Waals surface area contributed by atoms with Crippen molar-refractivity contribution in [2.75, 3.05) is 39.3 Å². The van der Waals surface area contributed by atoms with Gasteiger partial charge in [0.25, 0.3) is 0 Å². The van der Waals surface area contributed by atoms with Crippen molar-refractivity contribution < 1.29 is 8.91 Å². The van der Waals surface area contributed by atoms with E-state index >= 15 is 0 Å². The van der Waals surface area contributed by atoms with Gasteiger partial charge in [-0.1, -0.05) is 17.3 Å². The van der Waals surface area contributed by atoms with Crippen LogP contribution in [0.15, 0.2) is 46.1 Å². The maximum atomic E-state index is 13.6. The lowest BCUT2D eigenvalue weighted by Crippen LogP contribution is -2.52. The Morgan fingerprint density at radius 2 is 2.03 bits per heavy atom. The van der Waals surface area contributed by atoms with Gasteiger partial charge in [0.15, 0.2) is 5.96 Å². The summed E-state index contributed by atoms with van der Waals surface area (Å²) >= 11 is 0. The molecule has 8 heteroatoms. The highest BCUT2D eigenvalue weighted by Crippen LogP contribution is 2.48. The molecule has 1 saturated carbocycles. The van der Waals surface area contributed by atoms with E-state index in [1.54, 1.807) is 18.4 Å². The van der Waals surface area contributed by atoms with Gasteiger partial charge in [0.05, 0.1) is 12.2 Å². The minimum absolute atomic E-state index is 0. The van der Waals surface area contributed by atoms with E-state index in [1.807, 2.05) is 12.1 Å². The highest BCUT2D eigenvalue weighted by Gasteiger charge is 2.44. The summed E-state index contributed by atoms with van der Waals surface area (Å²) in [6.07, 6.45) is 3.77. The van der Waals surface area contributed by atoms with E-state index in [-0.39, 0.29) is 35.2 Å². The van der Waals surface area contributed by atoms with E-state index in [0.29, 0.717) is 6.54 Å². The topological polar surface area (TPSA) is 56.9 Å². The van der Waals surface area contributed by atoms with Crippen molar-refractivity contribution in [2.45, 2.75) is 31.7 Å². The summed E-state index contributed by atoms with van der Waals surface area (Å²) in [5.41, 5.74) is 2.06. The number of nitrogens with one attached hydrogen (secondary N) is 1. The average molecular weight is 513 g/mol. The molecule has 158 valence electrons. The molecule has 0 unspecified atom stereocenters. The van der Waals surface area contributed by atoms with E-state index in [2.05, 4.69) is 27.2 Å². The van der Waals surface area contributed by atoms with Crippen LogP contribution in [-0.2, 0) is 12.0 Å². The predicted molar refractivity (Wildman–Crippen MR) is 122 cm³/mol. The van der Waals surface area contributed by atoms with E-state index in [0.717, 1.165) is 69.3 Å². The van der Waals surface area contributed by atoms with E-state index < -0.39 is 0 Å². The minimum Gasteiger partial charge on any atom is -0.364 e. The molecule has 0 radical (unpaired) electrons. The van der Waals surface area contributed by atoms with Gasteiger partial charge in [0.1, 0.15) is 12.1 Å². The van der Waals surface area contributed by atoms with Gasteiger partial charge in [-0.05, 0) is 37.5 Å². The lowest BCUT2D eigenvalue weighted by Gasteiger charge is -2.36. The Kier molecular flexibility index (Phi) is 7.50. The van der Waals surface area contributed by atoms with Crippen LogP contribution in [0.5, 0.6) is 0 Å². The first-order valence-electron chi connectivity index (χ1n) is 10.1. The quantitative estimate of drug-likeness (QED) is 0.365. The second-order valence-corrected chi connectivity index (χ2v) is 7.71. The summed E-state index contributed by atoms with van der Waals surface area (Å²) in [6.45, 7) is 8.24. The summed E-state index contributed by atoms with van der Waals surface area (Å²) < 4.78 is 18.6. The number of halogens is 2. The third-order valence-corrected chi connectivity index (χ3v) is 5.71. The molecule has 0 amide bonds. The van der Waals surface area contributed by atoms with Crippen LogP contribution < -0.4 is 5.32 Å². The molecule has 0 atom stereocenters. The molecule has 6 nitrogen and oxygen atoms in total. The Bertz CT molecular complexity index is 801. The van der Waals surface area contributed by atoms with Crippen molar-refractivity contribution in [1.29, 1.82) is 0 Å². The number of aromatic nitrogens is 1. The molecule has 2 aliphatic rings. The number of rotatable bonds is 6. The largest absolute Gasteiger partial charge is 0.364 e. The number of hydrogen-bond donors (Lipinski definition) is 1. The van der Waals surface area contributed by atoms with Crippen LogP contribution in [0, 0.1) is 5.82 Å². The Labute approximate surface area is 188 Å². The average Bonchev–Trinajstić information content (AvgIpc) is 3.33. The molecule has 1 aromatic heterocycles. The van der Waals surface area contributed by atoms with Gasteiger partial charge in [0, 0.05) is 50.7 Å². The van der Waals surface area contributed by atoms with Crippen LogP contribution in [0.25, 0.3) is 0 Å². The first kappa shape index (κ1) is 22.0. The van der Waals surface area contributed by atoms with E-state index in [1.165, 1.54) is 6.07 Å². The molecule has 0 spiro atoms. The lowest BCUT2D eigenvalue weighted by molar-refractivity contribution is 0.169. The standard InChI is InChI=1S/C21H28FN5O.HI/c1-2-23-20(24-16-21(7-8-21)17-4-3-5-18(22)14-17)27-11-9-26(10-12-27)15-19-6-13-28-25-19;/h3-6,13-14H,2,7-12,15-16H2,1H3,(H,23,24);1H. The molecular weight excluding hydrogens is 484 g/mol. The summed E-state index contributed by atoms with van der Waals surface area (Å²) in [6, 6.07) is 8.91. The van der Waals surface area contributed by atoms with Crippen molar-refractivity contribution in [1.82, 2.24) is 20.3 Å². The van der Waals surface area contributed by atoms with Crippen LogP contribution in [0.2, 0.25) is 0 Å². The summed E-state index contributed by atoms with van der Waals surface area (Å²) in [5.74, 6) is 0.800. The van der Waals surface area contributed by atoms with Gasteiger partial charge in [-0.15, -0.1) is 24.0 Å². The second kappa shape index (κ2) is 9.88. The summed E-state index contributed by atoms with van der Waals surface area (Å²) in [4.78, 5) is 9.65. The van der Waals surface area contributed by atoms with Gasteiger partial charge >= 0.3 is 0 Å². The Hall–Kier alpha value is -1.68. The maximum absolute atomic E-state index is 13.6. The molecule has 4 rings (SSSR count). The smallest absolute Gasteiger partial charge is 0.194 e. The minimum atomic E-state index is -0.164. The summed E-state index contributed by atoms with van der Waals surface area (Å²) in [5, 5.41) is 7.43. The number of aliphatic imine (C=N–C) groups is 1. The molecule has 1 aliphatic heterocycles. The third kappa shape index (κ3) is 5.48. The highest BCUT2D eigenvalue weighted by atomic mass is 127. The SMILES string of the molecule is CCNC(=NCC1(c2cccc(F)c2)CC1)N1CCN(Cc2ccon2)CC1.I. The molecular formula is C21H29FIN5O. The molecule has 2 fully saturated rings. The maximum Gasteiger partial charge on any atom is 0.194 e. The van der Waals surface area contributed by atoms with E-state index in [9.17, 15) is 4.39 Å². The van der Waals surface area contributed by atoms with Crippen molar-refractivity contribution in [3.63, 3.8) is 0 Å². The fourth-order valence-electron chi connectivity index (χ4n) is 3.83. The zero-order valence-corrected chi connectivity index (χ0v) is 19.1. The first-order chi connectivity index (χ1) is 13.7. The molecule has 1 saturated heterocycles. The Morgan fingerprint density at radius 3 is 2.66 bits per heavy atom. The normalized spacial score (nSPS) is 19.0. The zero-order chi connectivity index (χ0) is 19.4. The molecule has 2 aromatic rings. The van der Waals surface area contributed by atoms with Crippen molar-refractivity contribution in [3.05, 3.63) is 53.7 Å². The van der Waals surface area contributed by atoms with Crippen LogP contribution in [0.1, 0.15) is 31.0 Å². The predicted octanol–water partition coefficient (Wildman–Crippen LogP) is 3.25. The van der Waals surface area contributed by atoms with Crippen LogP contribution in [0.3, 0.4) is 0 Å². The van der Waals surface area contributed by atoms with Crippen molar-refractivity contribution in [3.8, 4) is 0 Å². The van der Waals surface area contributed by atoms with Gasteiger partial charge < -0.3 is 14.7 Å². The monoisotopic (exact) mass is 513 g/mol. The number of nitrogens with zero attached hydrogens (tertiary/aromatic N) is 4. The van der Waals surface area contributed by atoms with E-state index in [4.69, 9.17) is 9.52 Å². The van der Waals surface area contributed by atoms with Crippen molar-refractivity contribution >= 4 is 29.9 Å². The molecule has 29 heavy (non-hydrogen) atoms. The number of piperazine rings is 1. The first-order valence-corrected chi connectivity index (χ1v) is 10.1. The van der Waals surface area contributed by atoms with Crippen LogP contribution in [-0.4, -0.2) is 60.2 Å². The lowest BCUT2D eigenvalue weighted by atomic mass is 9.96. The highest BCUT2D eigenvalue weighted by molar-refractivity contribution is 14.0. The molecule has 2 heterocycles. The van der Waals surface area contributed by atoms with Gasteiger partial charge in [-0.2, -0.15) is 0 Å². The van der Waals surface area contributed by atoms with Crippen LogP contribution in [0.4, 0.5) is 4.39 Å². The second-order valence-electron chi connectivity index (χ2n) is 7.71. The number of guanidine groups is 1. The number of hydrogen-bond acceptors (Lipinski definition) is 4. The van der Waals surface area contributed by atoms with Gasteiger partial charge in [0.2, 0.25) is 0 Å². The molecule has 0 bridgehead atoms. The fraction of sp³-hybridized carbons (Fsp3) is 0.524. The molecule has 1 aliphatic carbocycles. The molecule has 1 aromatic carbocycles. The third-order valence-electron chi connectivity index (χ3n) is 5.71. The zero-order valence-electron chi connectivity index (χ0n) is 16.8. The number of benzene rings is 1. The molecule has 1 N–H and O–H groups in total. The Morgan fingerprint density at radius 1 is 1.24 bits per heavy atom. The fourth-order valence-corrected chi connectivity index (χ4v) is 3.83. The van der Waals surface area contributed by atoms with Gasteiger partial charge in [-0.25, -0.2) is 4.39 Å². The van der Waals surface area contributed by atoms with Gasteiger partial charge in [-0.3, -0.25) is 9.89 Å². The Balaban J connectivity index is 0.00000240. The summed E-state index contributed by atoms with van der Waals surface area (Å²) in [7, 11) is 0. The van der Waals surface area contributed by atoms with Crippen LogP contribution >= 0.6 is 24.0 Å². The van der Waals surface area contributed by atoms with Crippen molar-refractivity contribution in [2.24, 2.45) is 4.99 Å².